The van der Waals surface area contributed by atoms with Crippen molar-refractivity contribution in [1.29, 1.82) is 0 Å². The topological polar surface area (TPSA) is 38.1 Å². The van der Waals surface area contributed by atoms with Crippen LogP contribution in [0.2, 0.25) is 0 Å². The average molecular weight is 267 g/mol. The van der Waals surface area contributed by atoms with Gasteiger partial charge in [0.25, 0.3) is 0 Å². The van der Waals surface area contributed by atoms with E-state index in [1.807, 2.05) is 24.3 Å². The van der Waals surface area contributed by atoms with Crippen molar-refractivity contribution in [2.24, 2.45) is 0 Å². The standard InChI is InChI=1S/C11H11BrN2O/c12-11-4-2-1-3-9(11)7-13-8-10-5-6-14-15-10/h1-6,13H,7-8H2. The second kappa shape index (κ2) is 5.09. The molecule has 0 atom stereocenters. The largest absolute Gasteiger partial charge is 0.360 e. The second-order valence-corrected chi connectivity index (χ2v) is 4.03. The number of hydrogen-bond acceptors (Lipinski definition) is 3. The molecule has 4 heteroatoms. The maximum Gasteiger partial charge on any atom is 0.150 e. The molecule has 1 heterocycles. The summed E-state index contributed by atoms with van der Waals surface area (Å²) in [5, 5.41) is 6.92. The highest BCUT2D eigenvalue weighted by Gasteiger charge is 1.99. The van der Waals surface area contributed by atoms with Crippen molar-refractivity contribution in [2.75, 3.05) is 0 Å². The van der Waals surface area contributed by atoms with Gasteiger partial charge in [0.15, 0.2) is 0 Å². The summed E-state index contributed by atoms with van der Waals surface area (Å²) in [7, 11) is 0. The number of nitrogens with one attached hydrogen (secondary N) is 1. The summed E-state index contributed by atoms with van der Waals surface area (Å²) in [5.74, 6) is 0.849. The Kier molecular flexibility index (Phi) is 3.53. The summed E-state index contributed by atoms with van der Waals surface area (Å²) in [4.78, 5) is 0. The van der Waals surface area contributed by atoms with E-state index in [4.69, 9.17) is 4.52 Å². The lowest BCUT2D eigenvalue weighted by molar-refractivity contribution is 0.372. The Morgan fingerprint density at radius 1 is 1.20 bits per heavy atom. The zero-order chi connectivity index (χ0) is 10.5. The molecule has 1 N–H and O–H groups in total. The van der Waals surface area contributed by atoms with Gasteiger partial charge in [-0.1, -0.05) is 39.3 Å². The highest BCUT2D eigenvalue weighted by Crippen LogP contribution is 2.15. The van der Waals surface area contributed by atoms with Gasteiger partial charge in [-0.05, 0) is 11.6 Å². The molecule has 0 bridgehead atoms. The fourth-order valence-electron chi connectivity index (χ4n) is 1.30. The number of aromatic nitrogens is 1. The second-order valence-electron chi connectivity index (χ2n) is 3.17. The van der Waals surface area contributed by atoms with Gasteiger partial charge >= 0.3 is 0 Å². The van der Waals surface area contributed by atoms with E-state index in [1.54, 1.807) is 6.20 Å². The van der Waals surface area contributed by atoms with E-state index in [-0.39, 0.29) is 0 Å². The lowest BCUT2D eigenvalue weighted by Gasteiger charge is -2.04. The molecule has 0 radical (unpaired) electrons. The highest BCUT2D eigenvalue weighted by molar-refractivity contribution is 9.10. The quantitative estimate of drug-likeness (QED) is 0.925. The third-order valence-electron chi connectivity index (χ3n) is 2.06. The summed E-state index contributed by atoms with van der Waals surface area (Å²) in [6, 6.07) is 10.00. The molecule has 0 unspecified atom stereocenters. The van der Waals surface area contributed by atoms with E-state index in [0.29, 0.717) is 6.54 Å². The summed E-state index contributed by atoms with van der Waals surface area (Å²) in [6.45, 7) is 1.50. The van der Waals surface area contributed by atoms with Crippen LogP contribution >= 0.6 is 15.9 Å². The van der Waals surface area contributed by atoms with Crippen LogP contribution < -0.4 is 5.32 Å². The molecule has 78 valence electrons. The molecule has 2 aromatic rings. The van der Waals surface area contributed by atoms with Gasteiger partial charge in [-0.3, -0.25) is 0 Å². The van der Waals surface area contributed by atoms with Crippen molar-refractivity contribution in [2.45, 2.75) is 13.1 Å². The van der Waals surface area contributed by atoms with Crippen molar-refractivity contribution >= 4 is 15.9 Å². The minimum absolute atomic E-state index is 0.696. The Bertz CT molecular complexity index is 414. The number of halogens is 1. The molecule has 15 heavy (non-hydrogen) atoms. The number of nitrogens with zero attached hydrogens (tertiary/aromatic N) is 1. The number of benzene rings is 1. The van der Waals surface area contributed by atoms with Gasteiger partial charge in [0, 0.05) is 17.1 Å². The third kappa shape index (κ3) is 2.91. The summed E-state index contributed by atoms with van der Waals surface area (Å²) in [5.41, 5.74) is 1.23. The predicted octanol–water partition coefficient (Wildman–Crippen LogP) is 2.73. The Morgan fingerprint density at radius 2 is 2.07 bits per heavy atom. The molecule has 1 aromatic heterocycles. The van der Waals surface area contributed by atoms with Crippen LogP contribution in [0.3, 0.4) is 0 Å². The third-order valence-corrected chi connectivity index (χ3v) is 2.84. The van der Waals surface area contributed by atoms with Crippen LogP contribution in [0.1, 0.15) is 11.3 Å². The molecule has 0 aliphatic rings. The number of hydrogen-bond donors (Lipinski definition) is 1. The molecule has 2 rings (SSSR count). The Morgan fingerprint density at radius 3 is 2.80 bits per heavy atom. The van der Waals surface area contributed by atoms with E-state index in [2.05, 4.69) is 32.5 Å². The van der Waals surface area contributed by atoms with Crippen molar-refractivity contribution in [3.63, 3.8) is 0 Å². The molecule has 0 aliphatic carbocycles. The normalized spacial score (nSPS) is 10.5. The fraction of sp³-hybridized carbons (Fsp3) is 0.182. The zero-order valence-electron chi connectivity index (χ0n) is 8.11. The van der Waals surface area contributed by atoms with Crippen LogP contribution in [0, 0.1) is 0 Å². The molecule has 3 nitrogen and oxygen atoms in total. The van der Waals surface area contributed by atoms with Crippen LogP contribution in [0.5, 0.6) is 0 Å². The van der Waals surface area contributed by atoms with E-state index < -0.39 is 0 Å². The van der Waals surface area contributed by atoms with E-state index in [9.17, 15) is 0 Å². The maximum absolute atomic E-state index is 4.98. The highest BCUT2D eigenvalue weighted by atomic mass is 79.9. The van der Waals surface area contributed by atoms with Crippen LogP contribution in [0.4, 0.5) is 0 Å². The monoisotopic (exact) mass is 266 g/mol. The van der Waals surface area contributed by atoms with Crippen LogP contribution in [-0.2, 0) is 13.1 Å². The number of rotatable bonds is 4. The SMILES string of the molecule is Brc1ccccc1CNCc1ccno1. The van der Waals surface area contributed by atoms with Gasteiger partial charge in [-0.2, -0.15) is 0 Å². The van der Waals surface area contributed by atoms with Crippen molar-refractivity contribution < 1.29 is 4.52 Å². The smallest absolute Gasteiger partial charge is 0.150 e. The van der Waals surface area contributed by atoms with Gasteiger partial charge in [-0.15, -0.1) is 0 Å². The first-order valence-corrected chi connectivity index (χ1v) is 5.49. The molecule has 0 saturated carbocycles. The summed E-state index contributed by atoms with van der Waals surface area (Å²) < 4.78 is 6.10. The molecule has 0 saturated heterocycles. The molecule has 0 fully saturated rings. The Labute approximate surface area is 96.6 Å². The van der Waals surface area contributed by atoms with Gasteiger partial charge in [0.05, 0.1) is 12.7 Å². The van der Waals surface area contributed by atoms with Gasteiger partial charge < -0.3 is 9.84 Å². The fourth-order valence-corrected chi connectivity index (χ4v) is 1.72. The minimum Gasteiger partial charge on any atom is -0.360 e. The Balaban J connectivity index is 1.86. The lowest BCUT2D eigenvalue weighted by Crippen LogP contribution is -2.12. The van der Waals surface area contributed by atoms with E-state index in [0.717, 1.165) is 16.8 Å². The molecule has 1 aromatic carbocycles. The van der Waals surface area contributed by atoms with Gasteiger partial charge in [-0.25, -0.2) is 0 Å². The summed E-state index contributed by atoms with van der Waals surface area (Å²) in [6.07, 6.45) is 1.65. The minimum atomic E-state index is 0.696. The molecular weight excluding hydrogens is 256 g/mol. The van der Waals surface area contributed by atoms with Crippen molar-refractivity contribution in [3.8, 4) is 0 Å². The first kappa shape index (κ1) is 10.4. The molecule has 0 aliphatic heterocycles. The van der Waals surface area contributed by atoms with Crippen molar-refractivity contribution in [3.05, 3.63) is 52.3 Å². The zero-order valence-corrected chi connectivity index (χ0v) is 9.70. The molecular formula is C11H11BrN2O. The van der Waals surface area contributed by atoms with E-state index in [1.165, 1.54) is 5.56 Å². The first-order valence-electron chi connectivity index (χ1n) is 4.70. The van der Waals surface area contributed by atoms with Gasteiger partial charge in [0.1, 0.15) is 5.76 Å². The Hall–Kier alpha value is -1.13. The van der Waals surface area contributed by atoms with Crippen molar-refractivity contribution in [1.82, 2.24) is 10.5 Å². The van der Waals surface area contributed by atoms with Crippen LogP contribution in [0.15, 0.2) is 45.5 Å². The van der Waals surface area contributed by atoms with E-state index >= 15 is 0 Å². The van der Waals surface area contributed by atoms with Crippen LogP contribution in [-0.4, -0.2) is 5.16 Å². The predicted molar refractivity (Wildman–Crippen MR) is 61.2 cm³/mol. The average Bonchev–Trinajstić information content (AvgIpc) is 2.74. The first-order chi connectivity index (χ1) is 7.36. The summed E-state index contributed by atoms with van der Waals surface area (Å²) >= 11 is 3.50. The van der Waals surface area contributed by atoms with Crippen LogP contribution in [0.25, 0.3) is 0 Å². The molecule has 0 spiro atoms. The lowest BCUT2D eigenvalue weighted by atomic mass is 10.2. The maximum atomic E-state index is 4.98. The van der Waals surface area contributed by atoms with Gasteiger partial charge in [0.2, 0.25) is 0 Å². The molecule has 0 amide bonds.